The number of esters is 1. The van der Waals surface area contributed by atoms with E-state index in [9.17, 15) is 9.59 Å². The number of rotatable bonds is 4. The lowest BCUT2D eigenvalue weighted by molar-refractivity contribution is -0.146. The van der Waals surface area contributed by atoms with Crippen molar-refractivity contribution in [2.45, 2.75) is 19.4 Å². The minimum atomic E-state index is -0.236. The molecule has 1 aromatic carbocycles. The van der Waals surface area contributed by atoms with Crippen molar-refractivity contribution in [3.05, 3.63) is 35.4 Å². The third-order valence-electron chi connectivity index (χ3n) is 3.73. The normalized spacial score (nSPS) is 18.4. The van der Waals surface area contributed by atoms with Gasteiger partial charge in [0, 0.05) is 25.8 Å². The van der Waals surface area contributed by atoms with Gasteiger partial charge in [0.2, 0.25) is 0 Å². The number of carbonyl (C=O) groups is 2. The Balaban J connectivity index is 2.08. The Morgan fingerprint density at radius 2 is 2.14 bits per heavy atom. The van der Waals surface area contributed by atoms with Gasteiger partial charge in [-0.25, -0.2) is 0 Å². The van der Waals surface area contributed by atoms with Gasteiger partial charge in [-0.2, -0.15) is 0 Å². The van der Waals surface area contributed by atoms with Crippen molar-refractivity contribution in [2.24, 2.45) is 5.92 Å². The van der Waals surface area contributed by atoms with E-state index < -0.39 is 0 Å². The zero-order chi connectivity index (χ0) is 15.2. The summed E-state index contributed by atoms with van der Waals surface area (Å²) in [5, 5.41) is 0. The standard InChI is InChI=1S/C16H21NO4/c1-20-11-12-5-3-6-13(9-12)15(18)17-8-4-7-14(10-17)16(19)21-2/h3,5-6,9,14H,4,7-8,10-11H2,1-2H3/t14-/m0/s1. The van der Waals surface area contributed by atoms with Gasteiger partial charge in [0.15, 0.2) is 0 Å². The number of benzene rings is 1. The minimum Gasteiger partial charge on any atom is -0.469 e. The third kappa shape index (κ3) is 3.82. The lowest BCUT2D eigenvalue weighted by atomic mass is 9.97. The third-order valence-corrected chi connectivity index (χ3v) is 3.73. The average molecular weight is 291 g/mol. The van der Waals surface area contributed by atoms with Crippen molar-refractivity contribution < 1.29 is 19.1 Å². The molecule has 0 spiro atoms. The molecule has 0 aromatic heterocycles. The summed E-state index contributed by atoms with van der Waals surface area (Å²) in [4.78, 5) is 25.9. The van der Waals surface area contributed by atoms with Gasteiger partial charge in [-0.3, -0.25) is 9.59 Å². The van der Waals surface area contributed by atoms with Crippen molar-refractivity contribution in [3.8, 4) is 0 Å². The minimum absolute atomic E-state index is 0.0402. The van der Waals surface area contributed by atoms with Gasteiger partial charge in [-0.1, -0.05) is 12.1 Å². The number of carbonyl (C=O) groups excluding carboxylic acids is 2. The van der Waals surface area contributed by atoms with Crippen LogP contribution in [0, 0.1) is 5.92 Å². The number of methoxy groups -OCH3 is 2. The highest BCUT2D eigenvalue weighted by atomic mass is 16.5. The molecule has 21 heavy (non-hydrogen) atoms. The first-order valence-corrected chi connectivity index (χ1v) is 7.10. The van der Waals surface area contributed by atoms with Gasteiger partial charge >= 0.3 is 5.97 Å². The van der Waals surface area contributed by atoms with Crippen molar-refractivity contribution in [1.29, 1.82) is 0 Å². The van der Waals surface area contributed by atoms with Crippen LogP contribution < -0.4 is 0 Å². The fraction of sp³-hybridized carbons (Fsp3) is 0.500. The summed E-state index contributed by atoms with van der Waals surface area (Å²) in [5.41, 5.74) is 1.60. The molecule has 5 nitrogen and oxygen atoms in total. The number of likely N-dealkylation sites (tertiary alicyclic amines) is 1. The molecule has 0 bridgehead atoms. The van der Waals surface area contributed by atoms with Crippen molar-refractivity contribution >= 4 is 11.9 Å². The molecule has 1 aromatic rings. The van der Waals surface area contributed by atoms with Crippen LogP contribution in [0.3, 0.4) is 0 Å². The maximum absolute atomic E-state index is 12.5. The molecule has 1 saturated heterocycles. The van der Waals surface area contributed by atoms with Gasteiger partial charge in [-0.05, 0) is 30.5 Å². The molecule has 0 saturated carbocycles. The summed E-state index contributed by atoms with van der Waals surface area (Å²) in [6.45, 7) is 1.59. The second-order valence-corrected chi connectivity index (χ2v) is 5.25. The van der Waals surface area contributed by atoms with Crippen LogP contribution in [0.25, 0.3) is 0 Å². The summed E-state index contributed by atoms with van der Waals surface area (Å²) in [7, 11) is 3.01. The molecular weight excluding hydrogens is 270 g/mol. The molecule has 1 aliphatic rings. The lowest BCUT2D eigenvalue weighted by Crippen LogP contribution is -2.42. The Hall–Kier alpha value is -1.88. The highest BCUT2D eigenvalue weighted by molar-refractivity contribution is 5.94. The monoisotopic (exact) mass is 291 g/mol. The molecule has 1 fully saturated rings. The van der Waals surface area contributed by atoms with Crippen molar-refractivity contribution in [3.63, 3.8) is 0 Å². The highest BCUT2D eigenvalue weighted by Crippen LogP contribution is 2.20. The molecule has 0 N–H and O–H groups in total. The average Bonchev–Trinajstić information content (AvgIpc) is 2.54. The van der Waals surface area contributed by atoms with E-state index in [2.05, 4.69) is 0 Å². The van der Waals surface area contributed by atoms with Gasteiger partial charge in [-0.15, -0.1) is 0 Å². The van der Waals surface area contributed by atoms with Crippen molar-refractivity contribution in [1.82, 2.24) is 4.90 Å². The van der Waals surface area contributed by atoms with Crippen LogP contribution in [-0.2, 0) is 20.9 Å². The first-order chi connectivity index (χ1) is 10.2. The fourth-order valence-electron chi connectivity index (χ4n) is 2.66. The quantitative estimate of drug-likeness (QED) is 0.795. The van der Waals surface area contributed by atoms with Crippen molar-refractivity contribution in [2.75, 3.05) is 27.3 Å². The van der Waals surface area contributed by atoms with E-state index in [1.165, 1.54) is 7.11 Å². The number of ether oxygens (including phenoxy) is 2. The number of amides is 1. The number of hydrogen-bond acceptors (Lipinski definition) is 4. The summed E-state index contributed by atoms with van der Waals surface area (Å²) in [6.07, 6.45) is 1.60. The summed E-state index contributed by atoms with van der Waals surface area (Å²) < 4.78 is 9.87. The van der Waals surface area contributed by atoms with Gasteiger partial charge in [0.25, 0.3) is 5.91 Å². The maximum Gasteiger partial charge on any atom is 0.310 e. The Labute approximate surface area is 124 Å². The predicted molar refractivity (Wildman–Crippen MR) is 77.8 cm³/mol. The molecule has 114 valence electrons. The van der Waals surface area contributed by atoms with E-state index in [4.69, 9.17) is 9.47 Å². The molecular formula is C16H21NO4. The van der Waals surface area contributed by atoms with E-state index in [1.807, 2.05) is 18.2 Å². The second kappa shape index (κ2) is 7.22. The Morgan fingerprint density at radius 1 is 1.33 bits per heavy atom. The fourth-order valence-corrected chi connectivity index (χ4v) is 2.66. The smallest absolute Gasteiger partial charge is 0.310 e. The summed E-state index contributed by atoms with van der Waals surface area (Å²) in [5.74, 6) is -0.489. The van der Waals surface area contributed by atoms with Crippen LogP contribution in [0.2, 0.25) is 0 Å². The molecule has 1 atom stereocenters. The highest BCUT2D eigenvalue weighted by Gasteiger charge is 2.29. The molecule has 1 aliphatic heterocycles. The zero-order valence-corrected chi connectivity index (χ0v) is 12.5. The van der Waals surface area contributed by atoms with E-state index in [0.29, 0.717) is 25.3 Å². The van der Waals surface area contributed by atoms with E-state index >= 15 is 0 Å². The van der Waals surface area contributed by atoms with Crippen LogP contribution >= 0.6 is 0 Å². The van der Waals surface area contributed by atoms with E-state index in [-0.39, 0.29) is 17.8 Å². The molecule has 1 amide bonds. The van der Waals surface area contributed by atoms with Crippen LogP contribution in [0.15, 0.2) is 24.3 Å². The SMILES string of the molecule is COCc1cccc(C(=O)N2CCC[C@H](C(=O)OC)C2)c1. The molecule has 2 rings (SSSR count). The lowest BCUT2D eigenvalue weighted by Gasteiger charge is -2.31. The largest absolute Gasteiger partial charge is 0.469 e. The molecule has 0 radical (unpaired) electrons. The zero-order valence-electron chi connectivity index (χ0n) is 12.5. The van der Waals surface area contributed by atoms with E-state index in [0.717, 1.165) is 18.4 Å². The van der Waals surface area contributed by atoms with Crippen LogP contribution in [0.1, 0.15) is 28.8 Å². The molecule has 0 unspecified atom stereocenters. The topological polar surface area (TPSA) is 55.8 Å². The predicted octanol–water partition coefficient (Wildman–Crippen LogP) is 1.86. The molecule has 0 aliphatic carbocycles. The summed E-state index contributed by atoms with van der Waals surface area (Å²) >= 11 is 0. The molecule has 1 heterocycles. The Bertz CT molecular complexity index is 515. The molecule has 5 heteroatoms. The second-order valence-electron chi connectivity index (χ2n) is 5.25. The van der Waals surface area contributed by atoms with Gasteiger partial charge in [0.05, 0.1) is 19.6 Å². The van der Waals surface area contributed by atoms with Crippen LogP contribution in [0.4, 0.5) is 0 Å². The van der Waals surface area contributed by atoms with Crippen LogP contribution in [0.5, 0.6) is 0 Å². The van der Waals surface area contributed by atoms with Crippen LogP contribution in [-0.4, -0.2) is 44.1 Å². The number of hydrogen-bond donors (Lipinski definition) is 0. The Morgan fingerprint density at radius 3 is 2.86 bits per heavy atom. The van der Waals surface area contributed by atoms with E-state index in [1.54, 1.807) is 18.1 Å². The van der Waals surface area contributed by atoms with Gasteiger partial charge < -0.3 is 14.4 Å². The number of nitrogens with zero attached hydrogens (tertiary/aromatic N) is 1. The maximum atomic E-state index is 12.5. The first kappa shape index (κ1) is 15.5. The first-order valence-electron chi connectivity index (χ1n) is 7.10. The summed E-state index contributed by atoms with van der Waals surface area (Å²) in [6, 6.07) is 7.41. The Kier molecular flexibility index (Phi) is 5.33. The van der Waals surface area contributed by atoms with Gasteiger partial charge in [0.1, 0.15) is 0 Å². The number of piperidine rings is 1.